The van der Waals surface area contributed by atoms with Gasteiger partial charge in [-0.05, 0) is 49.1 Å². The van der Waals surface area contributed by atoms with Gasteiger partial charge in [0.15, 0.2) is 5.16 Å². The number of amides is 1. The smallest absolute Gasteiger partial charge is 0.251 e. The predicted molar refractivity (Wildman–Crippen MR) is 138 cm³/mol. The van der Waals surface area contributed by atoms with Crippen molar-refractivity contribution >= 4 is 28.7 Å². The molecule has 1 amide bonds. The molecule has 1 saturated carbocycles. The second-order valence-electron chi connectivity index (χ2n) is 9.12. The summed E-state index contributed by atoms with van der Waals surface area (Å²) in [4.78, 5) is 21.8. The van der Waals surface area contributed by atoms with Gasteiger partial charge in [-0.3, -0.25) is 9.78 Å². The molecule has 1 aliphatic carbocycles. The molecule has 0 unspecified atom stereocenters. The van der Waals surface area contributed by atoms with Crippen LogP contribution in [0.5, 0.6) is 0 Å². The molecule has 5 rings (SSSR count). The Morgan fingerprint density at radius 1 is 1.00 bits per heavy atom. The molecule has 0 atom stereocenters. The van der Waals surface area contributed by atoms with E-state index in [4.69, 9.17) is 4.98 Å². The van der Waals surface area contributed by atoms with E-state index in [1.807, 2.05) is 24.4 Å². The van der Waals surface area contributed by atoms with Crippen LogP contribution < -0.4 is 5.32 Å². The maximum absolute atomic E-state index is 12.6. The van der Waals surface area contributed by atoms with E-state index < -0.39 is 0 Å². The lowest BCUT2D eigenvalue weighted by atomic mass is 9.95. The zero-order valence-electron chi connectivity index (χ0n) is 19.5. The number of carbonyl (C=O) groups is 1. The highest BCUT2D eigenvalue weighted by atomic mass is 32.2. The van der Waals surface area contributed by atoms with Crippen LogP contribution in [0, 0.1) is 6.92 Å². The lowest BCUT2D eigenvalue weighted by Gasteiger charge is -2.22. The third kappa shape index (κ3) is 5.33. The van der Waals surface area contributed by atoms with Gasteiger partial charge < -0.3 is 9.88 Å². The van der Waals surface area contributed by atoms with Gasteiger partial charge >= 0.3 is 0 Å². The molecule has 6 heteroatoms. The number of hydrogen-bond donors (Lipinski definition) is 1. The second-order valence-corrected chi connectivity index (χ2v) is 10.1. The Morgan fingerprint density at radius 2 is 1.74 bits per heavy atom. The van der Waals surface area contributed by atoms with Crippen LogP contribution in [0.1, 0.15) is 59.2 Å². The van der Waals surface area contributed by atoms with Crippen LogP contribution in [0.15, 0.2) is 72.1 Å². The third-order valence-electron chi connectivity index (χ3n) is 6.50. The number of rotatable bonds is 7. The number of aryl methyl sites for hydroxylation is 1. The van der Waals surface area contributed by atoms with Gasteiger partial charge in [0.2, 0.25) is 0 Å². The minimum absolute atomic E-state index is 0.0403. The summed E-state index contributed by atoms with van der Waals surface area (Å²) in [5.74, 6) is 0.827. The van der Waals surface area contributed by atoms with Crippen molar-refractivity contribution in [3.05, 3.63) is 89.2 Å². The quantitative estimate of drug-likeness (QED) is 0.330. The molecule has 1 N–H and O–H groups in total. The summed E-state index contributed by atoms with van der Waals surface area (Å²) in [7, 11) is 0. The van der Waals surface area contributed by atoms with E-state index in [1.165, 1.54) is 36.0 Å². The summed E-state index contributed by atoms with van der Waals surface area (Å²) in [5, 5.41) is 4.17. The van der Waals surface area contributed by atoms with Crippen molar-refractivity contribution in [1.29, 1.82) is 0 Å². The Hall–Kier alpha value is -3.12. The Kier molecular flexibility index (Phi) is 6.95. The molecule has 0 saturated heterocycles. The van der Waals surface area contributed by atoms with Crippen LogP contribution in [0.3, 0.4) is 0 Å². The van der Waals surface area contributed by atoms with Crippen molar-refractivity contribution in [2.45, 2.75) is 62.5 Å². The van der Waals surface area contributed by atoms with E-state index in [1.54, 1.807) is 18.0 Å². The maximum atomic E-state index is 12.6. The zero-order chi connectivity index (χ0) is 23.3. The van der Waals surface area contributed by atoms with Crippen molar-refractivity contribution in [3.63, 3.8) is 0 Å². The van der Waals surface area contributed by atoms with Crippen molar-refractivity contribution < 1.29 is 4.79 Å². The van der Waals surface area contributed by atoms with Crippen LogP contribution in [-0.2, 0) is 12.3 Å². The number of nitrogens with zero attached hydrogens (tertiary/aromatic N) is 3. The molecule has 0 aliphatic heterocycles. The molecule has 2 aromatic heterocycles. The molecule has 5 nitrogen and oxygen atoms in total. The number of aromatic nitrogens is 3. The molecule has 1 fully saturated rings. The molecule has 174 valence electrons. The van der Waals surface area contributed by atoms with E-state index in [0.717, 1.165) is 46.9 Å². The Balaban J connectivity index is 1.28. The molecular weight excluding hydrogens is 440 g/mol. The average molecular weight is 471 g/mol. The van der Waals surface area contributed by atoms with Gasteiger partial charge in [0.05, 0.1) is 23.8 Å². The van der Waals surface area contributed by atoms with Crippen molar-refractivity contribution in [2.24, 2.45) is 0 Å². The lowest BCUT2D eigenvalue weighted by Crippen LogP contribution is -2.36. The van der Waals surface area contributed by atoms with Gasteiger partial charge in [-0.1, -0.05) is 73.0 Å². The number of thioether (sulfide) groups is 1. The number of fused-ring (bicyclic) bond motifs is 1. The molecule has 1 aliphatic rings. The van der Waals surface area contributed by atoms with E-state index in [-0.39, 0.29) is 5.91 Å². The fourth-order valence-corrected chi connectivity index (χ4v) is 5.47. The summed E-state index contributed by atoms with van der Waals surface area (Å²) in [6.45, 7) is 2.86. The number of nitrogens with one attached hydrogen (secondary N) is 1. The minimum atomic E-state index is 0.0403. The number of pyridine rings is 1. The van der Waals surface area contributed by atoms with Crippen molar-refractivity contribution in [3.8, 4) is 0 Å². The number of benzene rings is 2. The highest BCUT2D eigenvalue weighted by Crippen LogP contribution is 2.28. The molecular formula is C28H30N4OS. The van der Waals surface area contributed by atoms with Crippen molar-refractivity contribution in [1.82, 2.24) is 19.9 Å². The van der Waals surface area contributed by atoms with Crippen LogP contribution >= 0.6 is 11.8 Å². The first-order chi connectivity index (χ1) is 16.7. The van der Waals surface area contributed by atoms with Crippen LogP contribution in [-0.4, -0.2) is 26.5 Å². The van der Waals surface area contributed by atoms with Gasteiger partial charge in [0.1, 0.15) is 0 Å². The van der Waals surface area contributed by atoms with E-state index in [0.29, 0.717) is 6.04 Å². The second kappa shape index (κ2) is 10.4. The molecule has 0 bridgehead atoms. The first kappa shape index (κ1) is 22.7. The molecule has 0 spiro atoms. The monoisotopic (exact) mass is 470 g/mol. The topological polar surface area (TPSA) is 59.8 Å². The fraction of sp³-hybridized carbons (Fsp3) is 0.321. The number of carbonyl (C=O) groups excluding carboxylic acids is 1. The van der Waals surface area contributed by atoms with Gasteiger partial charge in [-0.25, -0.2) is 4.98 Å². The number of imidazole rings is 1. The normalized spacial score (nSPS) is 14.4. The molecule has 0 radical (unpaired) electrons. The van der Waals surface area contributed by atoms with Gasteiger partial charge in [-0.15, -0.1) is 0 Å². The van der Waals surface area contributed by atoms with Crippen molar-refractivity contribution in [2.75, 3.05) is 0 Å². The summed E-state index contributed by atoms with van der Waals surface area (Å²) in [5.41, 5.74) is 6.40. The fourth-order valence-electron chi connectivity index (χ4n) is 4.50. The Labute approximate surface area is 205 Å². The highest BCUT2D eigenvalue weighted by molar-refractivity contribution is 7.98. The first-order valence-electron chi connectivity index (χ1n) is 12.0. The van der Waals surface area contributed by atoms with Crippen LogP contribution in [0.4, 0.5) is 0 Å². The largest absolute Gasteiger partial charge is 0.349 e. The Bertz CT molecular complexity index is 1260. The van der Waals surface area contributed by atoms with Crippen LogP contribution in [0.25, 0.3) is 11.0 Å². The Morgan fingerprint density at radius 3 is 2.50 bits per heavy atom. The molecule has 2 aromatic carbocycles. The van der Waals surface area contributed by atoms with E-state index in [9.17, 15) is 4.79 Å². The zero-order valence-corrected chi connectivity index (χ0v) is 20.4. The molecule has 2 heterocycles. The van der Waals surface area contributed by atoms with E-state index >= 15 is 0 Å². The van der Waals surface area contributed by atoms with Gasteiger partial charge in [0, 0.05) is 23.6 Å². The minimum Gasteiger partial charge on any atom is -0.349 e. The molecule has 4 aromatic rings. The first-order valence-corrected chi connectivity index (χ1v) is 13.0. The predicted octanol–water partition coefficient (Wildman–Crippen LogP) is 6.14. The maximum Gasteiger partial charge on any atom is 0.251 e. The summed E-state index contributed by atoms with van der Waals surface area (Å²) in [6.07, 6.45) is 9.59. The van der Waals surface area contributed by atoms with Crippen LogP contribution in [0.2, 0.25) is 0 Å². The summed E-state index contributed by atoms with van der Waals surface area (Å²) in [6, 6.07) is 18.9. The van der Waals surface area contributed by atoms with E-state index in [2.05, 4.69) is 58.2 Å². The standard InChI is InChI=1S/C28H30N4OS/c1-20-7-9-21(10-8-20)18-32-26-17-29-16-15-25(26)31-28(32)34-19-22-11-13-23(14-12-22)27(33)30-24-5-3-2-4-6-24/h7-17,24H,2-6,18-19H2,1H3,(H,30,33). The number of hydrogen-bond acceptors (Lipinski definition) is 4. The van der Waals surface area contributed by atoms with Gasteiger partial charge in [0.25, 0.3) is 5.91 Å². The van der Waals surface area contributed by atoms with Gasteiger partial charge in [-0.2, -0.15) is 0 Å². The SMILES string of the molecule is Cc1ccc(Cn2c(SCc3ccc(C(=O)NC4CCCCC4)cc3)nc3ccncc32)cc1. The average Bonchev–Trinajstić information content (AvgIpc) is 3.22. The summed E-state index contributed by atoms with van der Waals surface area (Å²) < 4.78 is 2.24. The highest BCUT2D eigenvalue weighted by Gasteiger charge is 2.17. The summed E-state index contributed by atoms with van der Waals surface area (Å²) >= 11 is 1.71. The third-order valence-corrected chi connectivity index (χ3v) is 7.55. The molecule has 34 heavy (non-hydrogen) atoms. The lowest BCUT2D eigenvalue weighted by molar-refractivity contribution is 0.0927.